The van der Waals surface area contributed by atoms with Crippen molar-refractivity contribution in [3.8, 4) is 5.75 Å². The molecule has 1 aromatic heterocycles. The predicted molar refractivity (Wildman–Crippen MR) is 78.3 cm³/mol. The minimum Gasteiger partial charge on any atom is -0.492 e. The number of rotatable bonds is 5. The molecular formula is C15H15ClN2O2. The Hall–Kier alpha value is -2.07. The van der Waals surface area contributed by atoms with E-state index in [9.17, 15) is 4.79 Å². The van der Waals surface area contributed by atoms with Gasteiger partial charge in [-0.3, -0.25) is 9.78 Å². The number of pyridine rings is 1. The van der Waals surface area contributed by atoms with Crippen LogP contribution in [0.3, 0.4) is 0 Å². The highest BCUT2D eigenvalue weighted by molar-refractivity contribution is 6.31. The van der Waals surface area contributed by atoms with Gasteiger partial charge in [-0.15, -0.1) is 0 Å². The quantitative estimate of drug-likeness (QED) is 0.862. The Bertz CT molecular complexity index is 588. The van der Waals surface area contributed by atoms with Gasteiger partial charge in [-0.2, -0.15) is 0 Å². The van der Waals surface area contributed by atoms with Crippen molar-refractivity contribution in [2.45, 2.75) is 6.92 Å². The van der Waals surface area contributed by atoms with Crippen LogP contribution in [0.1, 0.15) is 15.9 Å². The van der Waals surface area contributed by atoms with Crippen LogP contribution < -0.4 is 10.1 Å². The van der Waals surface area contributed by atoms with E-state index in [-0.39, 0.29) is 5.91 Å². The molecule has 20 heavy (non-hydrogen) atoms. The number of hydrogen-bond acceptors (Lipinski definition) is 3. The van der Waals surface area contributed by atoms with Gasteiger partial charge < -0.3 is 10.1 Å². The SMILES string of the molecule is Cc1ccc(OCCNC(=O)c2cccnc2)cc1Cl. The number of carbonyl (C=O) groups excluding carboxylic acids is 1. The van der Waals surface area contributed by atoms with Crippen LogP contribution in [0.5, 0.6) is 5.75 Å². The minimum absolute atomic E-state index is 0.163. The monoisotopic (exact) mass is 290 g/mol. The number of ether oxygens (including phenoxy) is 1. The molecule has 5 heteroatoms. The van der Waals surface area contributed by atoms with Crippen LogP contribution in [0.4, 0.5) is 0 Å². The lowest BCUT2D eigenvalue weighted by Crippen LogP contribution is -2.28. The normalized spacial score (nSPS) is 10.1. The van der Waals surface area contributed by atoms with Crippen LogP contribution in [0.2, 0.25) is 5.02 Å². The molecule has 4 nitrogen and oxygen atoms in total. The van der Waals surface area contributed by atoms with Gasteiger partial charge in [0.15, 0.2) is 0 Å². The van der Waals surface area contributed by atoms with Crippen molar-refractivity contribution >= 4 is 17.5 Å². The average molecular weight is 291 g/mol. The van der Waals surface area contributed by atoms with E-state index in [2.05, 4.69) is 10.3 Å². The van der Waals surface area contributed by atoms with E-state index in [4.69, 9.17) is 16.3 Å². The van der Waals surface area contributed by atoms with Crippen molar-refractivity contribution in [2.24, 2.45) is 0 Å². The van der Waals surface area contributed by atoms with Crippen LogP contribution >= 0.6 is 11.6 Å². The first-order valence-electron chi connectivity index (χ1n) is 6.24. The highest BCUT2D eigenvalue weighted by atomic mass is 35.5. The molecule has 2 rings (SSSR count). The van der Waals surface area contributed by atoms with Crippen molar-refractivity contribution in [3.63, 3.8) is 0 Å². The average Bonchev–Trinajstić information content (AvgIpc) is 2.48. The first kappa shape index (κ1) is 14.3. The van der Waals surface area contributed by atoms with Crippen molar-refractivity contribution in [3.05, 3.63) is 58.9 Å². The maximum atomic E-state index is 11.7. The van der Waals surface area contributed by atoms with Crippen LogP contribution in [0.25, 0.3) is 0 Å². The Labute approximate surface area is 122 Å². The Balaban J connectivity index is 1.76. The summed E-state index contributed by atoms with van der Waals surface area (Å²) in [4.78, 5) is 15.6. The third-order valence-corrected chi connectivity index (χ3v) is 3.13. The zero-order valence-electron chi connectivity index (χ0n) is 11.1. The van der Waals surface area contributed by atoms with Gasteiger partial charge in [0.2, 0.25) is 0 Å². The van der Waals surface area contributed by atoms with E-state index in [0.717, 1.165) is 5.56 Å². The molecular weight excluding hydrogens is 276 g/mol. The highest BCUT2D eigenvalue weighted by Crippen LogP contribution is 2.21. The lowest BCUT2D eigenvalue weighted by atomic mass is 10.2. The highest BCUT2D eigenvalue weighted by Gasteiger charge is 2.04. The van der Waals surface area contributed by atoms with Gasteiger partial charge in [0.25, 0.3) is 5.91 Å². The number of benzene rings is 1. The Kier molecular flexibility index (Phi) is 4.96. The van der Waals surface area contributed by atoms with Crippen LogP contribution in [0.15, 0.2) is 42.7 Å². The van der Waals surface area contributed by atoms with Crippen LogP contribution in [-0.2, 0) is 0 Å². The molecule has 1 amide bonds. The molecule has 0 fully saturated rings. The molecule has 0 aliphatic carbocycles. The third-order valence-electron chi connectivity index (χ3n) is 2.72. The fourth-order valence-corrected chi connectivity index (χ4v) is 1.77. The summed E-state index contributed by atoms with van der Waals surface area (Å²) in [5, 5.41) is 3.43. The van der Waals surface area contributed by atoms with Gasteiger partial charge >= 0.3 is 0 Å². The van der Waals surface area contributed by atoms with Crippen molar-refractivity contribution < 1.29 is 9.53 Å². The Morgan fingerprint density at radius 3 is 2.95 bits per heavy atom. The largest absolute Gasteiger partial charge is 0.492 e. The van der Waals surface area contributed by atoms with E-state index in [1.165, 1.54) is 6.20 Å². The van der Waals surface area contributed by atoms with E-state index in [1.54, 1.807) is 24.4 Å². The van der Waals surface area contributed by atoms with Gasteiger partial charge in [-0.05, 0) is 36.8 Å². The molecule has 1 heterocycles. The number of nitrogens with one attached hydrogen (secondary N) is 1. The van der Waals surface area contributed by atoms with E-state index in [0.29, 0.717) is 29.5 Å². The number of amides is 1. The zero-order valence-corrected chi connectivity index (χ0v) is 11.9. The minimum atomic E-state index is -0.163. The van der Waals surface area contributed by atoms with E-state index >= 15 is 0 Å². The van der Waals surface area contributed by atoms with Crippen molar-refractivity contribution in [2.75, 3.05) is 13.2 Å². The molecule has 104 valence electrons. The lowest BCUT2D eigenvalue weighted by Gasteiger charge is -2.08. The smallest absolute Gasteiger partial charge is 0.252 e. The molecule has 0 aliphatic rings. The molecule has 0 spiro atoms. The molecule has 0 radical (unpaired) electrons. The van der Waals surface area contributed by atoms with Gasteiger partial charge in [0.1, 0.15) is 12.4 Å². The fourth-order valence-electron chi connectivity index (χ4n) is 1.60. The summed E-state index contributed by atoms with van der Waals surface area (Å²) < 4.78 is 5.51. The third kappa shape index (κ3) is 3.96. The number of carbonyl (C=O) groups is 1. The Morgan fingerprint density at radius 2 is 2.25 bits per heavy atom. The van der Waals surface area contributed by atoms with Gasteiger partial charge in [-0.1, -0.05) is 17.7 Å². The first-order chi connectivity index (χ1) is 9.66. The second-order valence-electron chi connectivity index (χ2n) is 4.26. The van der Waals surface area contributed by atoms with E-state index in [1.807, 2.05) is 19.1 Å². The lowest BCUT2D eigenvalue weighted by molar-refractivity contribution is 0.0946. The molecule has 0 atom stereocenters. The van der Waals surface area contributed by atoms with Crippen molar-refractivity contribution in [1.29, 1.82) is 0 Å². The molecule has 1 N–H and O–H groups in total. The molecule has 0 saturated carbocycles. The maximum absolute atomic E-state index is 11.7. The second-order valence-corrected chi connectivity index (χ2v) is 4.66. The number of nitrogens with zero attached hydrogens (tertiary/aromatic N) is 1. The summed E-state index contributed by atoms with van der Waals surface area (Å²) in [5.41, 5.74) is 1.54. The standard InChI is InChI=1S/C15H15ClN2O2/c1-11-4-5-13(9-14(11)16)20-8-7-18-15(19)12-3-2-6-17-10-12/h2-6,9-10H,7-8H2,1H3,(H,18,19). The number of aryl methyl sites for hydroxylation is 1. The van der Waals surface area contributed by atoms with Gasteiger partial charge in [-0.25, -0.2) is 0 Å². The van der Waals surface area contributed by atoms with Crippen molar-refractivity contribution in [1.82, 2.24) is 10.3 Å². The maximum Gasteiger partial charge on any atom is 0.252 e. The fraction of sp³-hybridized carbons (Fsp3) is 0.200. The molecule has 0 saturated heterocycles. The summed E-state index contributed by atoms with van der Waals surface area (Å²) in [7, 11) is 0. The predicted octanol–water partition coefficient (Wildman–Crippen LogP) is 2.85. The summed E-state index contributed by atoms with van der Waals surface area (Å²) in [6.07, 6.45) is 3.15. The summed E-state index contributed by atoms with van der Waals surface area (Å²) in [6, 6.07) is 8.94. The molecule has 2 aromatic rings. The summed E-state index contributed by atoms with van der Waals surface area (Å²) >= 11 is 6.00. The van der Waals surface area contributed by atoms with Gasteiger partial charge in [0.05, 0.1) is 12.1 Å². The number of halogens is 1. The van der Waals surface area contributed by atoms with Crippen LogP contribution in [0, 0.1) is 6.92 Å². The topological polar surface area (TPSA) is 51.2 Å². The first-order valence-corrected chi connectivity index (χ1v) is 6.62. The van der Waals surface area contributed by atoms with Crippen LogP contribution in [-0.4, -0.2) is 24.0 Å². The number of aromatic nitrogens is 1. The zero-order chi connectivity index (χ0) is 14.4. The van der Waals surface area contributed by atoms with Gasteiger partial charge in [0, 0.05) is 17.4 Å². The molecule has 0 bridgehead atoms. The summed E-state index contributed by atoms with van der Waals surface area (Å²) in [6.45, 7) is 2.73. The second kappa shape index (κ2) is 6.91. The Morgan fingerprint density at radius 1 is 1.40 bits per heavy atom. The number of hydrogen-bond donors (Lipinski definition) is 1. The van der Waals surface area contributed by atoms with E-state index < -0.39 is 0 Å². The molecule has 1 aromatic carbocycles. The summed E-state index contributed by atoms with van der Waals surface area (Å²) in [5.74, 6) is 0.528. The molecule has 0 unspecified atom stereocenters. The molecule has 0 aliphatic heterocycles.